The molecule has 1 aliphatic heterocycles. The predicted molar refractivity (Wildman–Crippen MR) is 55.9 cm³/mol. The molecule has 0 fully saturated rings. The average molecular weight is 220 g/mol. The van der Waals surface area contributed by atoms with Gasteiger partial charge >= 0.3 is 0 Å². The Morgan fingerprint density at radius 1 is 1.46 bits per heavy atom. The molecule has 1 aliphatic rings. The van der Waals surface area contributed by atoms with E-state index in [2.05, 4.69) is 0 Å². The van der Waals surface area contributed by atoms with Gasteiger partial charge in [0.2, 0.25) is 0 Å². The van der Waals surface area contributed by atoms with E-state index < -0.39 is 0 Å². The number of thioether (sulfide) groups is 1. The van der Waals surface area contributed by atoms with Crippen molar-refractivity contribution < 1.29 is 4.39 Å². The summed E-state index contributed by atoms with van der Waals surface area (Å²) in [5.41, 5.74) is 6.80. The molecule has 0 bridgehead atoms. The first-order valence-electron chi connectivity index (χ1n) is 3.96. The van der Waals surface area contributed by atoms with Gasteiger partial charge in [-0.1, -0.05) is 12.1 Å². The van der Waals surface area contributed by atoms with Gasteiger partial charge in [-0.25, -0.2) is 4.39 Å². The normalized spacial score (nSPS) is 20.3. The summed E-state index contributed by atoms with van der Waals surface area (Å²) in [6.45, 7) is 0. The highest BCUT2D eigenvalue weighted by molar-refractivity contribution is 7.99. The highest BCUT2D eigenvalue weighted by Gasteiger charge is 2.19. The van der Waals surface area contributed by atoms with Crippen LogP contribution in [-0.2, 0) is 0 Å². The summed E-state index contributed by atoms with van der Waals surface area (Å²) in [6.07, 6.45) is 0.946. The van der Waals surface area contributed by atoms with Crippen LogP contribution in [0.15, 0.2) is 23.1 Å². The number of hydrogen-bond donors (Lipinski definition) is 1. The Kier molecular flexibility index (Phi) is 3.59. The van der Waals surface area contributed by atoms with Crippen molar-refractivity contribution in [1.82, 2.24) is 0 Å². The monoisotopic (exact) mass is 219 g/mol. The van der Waals surface area contributed by atoms with Gasteiger partial charge in [0.15, 0.2) is 0 Å². The molecule has 0 saturated carbocycles. The summed E-state index contributed by atoms with van der Waals surface area (Å²) in [4.78, 5) is 0.747. The first-order chi connectivity index (χ1) is 5.79. The number of fused-ring (bicyclic) bond motifs is 1. The van der Waals surface area contributed by atoms with Gasteiger partial charge in [0.25, 0.3) is 0 Å². The van der Waals surface area contributed by atoms with Crippen LogP contribution in [0.3, 0.4) is 0 Å². The number of rotatable bonds is 0. The average Bonchev–Trinajstić information content (AvgIpc) is 2.07. The summed E-state index contributed by atoms with van der Waals surface area (Å²) in [7, 11) is 0. The maximum Gasteiger partial charge on any atom is 0.137 e. The molecule has 0 aliphatic carbocycles. The molecule has 1 aromatic carbocycles. The number of nitrogens with two attached hydrogens (primary N) is 1. The van der Waals surface area contributed by atoms with Gasteiger partial charge in [-0.2, -0.15) is 0 Å². The third-order valence-electron chi connectivity index (χ3n) is 2.07. The molecule has 0 radical (unpaired) electrons. The zero-order valence-electron chi connectivity index (χ0n) is 7.00. The molecule has 0 amide bonds. The number of halogens is 2. The lowest BCUT2D eigenvalue weighted by molar-refractivity contribution is 0.578. The maximum atomic E-state index is 13.2. The third kappa shape index (κ3) is 1.98. The highest BCUT2D eigenvalue weighted by atomic mass is 35.5. The zero-order chi connectivity index (χ0) is 8.55. The minimum Gasteiger partial charge on any atom is -0.324 e. The zero-order valence-corrected chi connectivity index (χ0v) is 8.63. The molecule has 1 unspecified atom stereocenters. The molecule has 1 aromatic rings. The number of hydrogen-bond acceptors (Lipinski definition) is 2. The Morgan fingerprint density at radius 3 is 2.92 bits per heavy atom. The summed E-state index contributed by atoms with van der Waals surface area (Å²) in [5, 5.41) is 0. The second-order valence-corrected chi connectivity index (χ2v) is 4.01. The van der Waals surface area contributed by atoms with Crippen LogP contribution in [0.4, 0.5) is 4.39 Å². The summed E-state index contributed by atoms with van der Waals surface area (Å²) >= 11 is 1.56. The molecule has 0 aromatic heterocycles. The lowest BCUT2D eigenvalue weighted by atomic mass is 10.1. The topological polar surface area (TPSA) is 26.0 Å². The minimum atomic E-state index is -0.132. The number of benzene rings is 1. The fourth-order valence-electron chi connectivity index (χ4n) is 1.41. The maximum absolute atomic E-state index is 13.2. The van der Waals surface area contributed by atoms with Crippen molar-refractivity contribution >= 4 is 24.2 Å². The van der Waals surface area contributed by atoms with E-state index in [-0.39, 0.29) is 24.3 Å². The minimum absolute atomic E-state index is 0. The van der Waals surface area contributed by atoms with Crippen LogP contribution in [0.1, 0.15) is 18.0 Å². The molecule has 2 rings (SSSR count). The first-order valence-corrected chi connectivity index (χ1v) is 4.94. The van der Waals surface area contributed by atoms with Crippen LogP contribution in [-0.4, -0.2) is 5.75 Å². The van der Waals surface area contributed by atoms with Crippen LogP contribution in [0.2, 0.25) is 0 Å². The van der Waals surface area contributed by atoms with E-state index in [1.54, 1.807) is 17.8 Å². The first kappa shape index (κ1) is 10.8. The molecule has 4 heteroatoms. The highest BCUT2D eigenvalue weighted by Crippen LogP contribution is 2.36. The lowest BCUT2D eigenvalue weighted by Gasteiger charge is -2.21. The predicted octanol–water partition coefficient (Wildman–Crippen LogP) is 2.74. The molecule has 13 heavy (non-hydrogen) atoms. The Balaban J connectivity index is 0.000000845. The van der Waals surface area contributed by atoms with Gasteiger partial charge in [0.1, 0.15) is 5.82 Å². The van der Waals surface area contributed by atoms with Gasteiger partial charge in [-0.05, 0) is 23.8 Å². The van der Waals surface area contributed by atoms with Crippen LogP contribution in [0.25, 0.3) is 0 Å². The van der Waals surface area contributed by atoms with E-state index in [0.717, 1.165) is 22.6 Å². The molecule has 1 nitrogen and oxygen atoms in total. The fourth-order valence-corrected chi connectivity index (χ4v) is 2.58. The van der Waals surface area contributed by atoms with E-state index in [9.17, 15) is 4.39 Å². The Labute approximate surface area is 87.3 Å². The van der Waals surface area contributed by atoms with Gasteiger partial charge < -0.3 is 5.73 Å². The van der Waals surface area contributed by atoms with Crippen molar-refractivity contribution in [3.05, 3.63) is 29.6 Å². The second kappa shape index (κ2) is 4.31. The van der Waals surface area contributed by atoms with Crippen LogP contribution < -0.4 is 5.73 Å². The van der Waals surface area contributed by atoms with Gasteiger partial charge in [-0.3, -0.25) is 0 Å². The molecule has 0 saturated heterocycles. The van der Waals surface area contributed by atoms with E-state index in [0.29, 0.717) is 0 Å². The Morgan fingerprint density at radius 2 is 2.23 bits per heavy atom. The lowest BCUT2D eigenvalue weighted by Crippen LogP contribution is -2.16. The van der Waals surface area contributed by atoms with E-state index in [1.165, 1.54) is 6.07 Å². The molecule has 1 heterocycles. The second-order valence-electron chi connectivity index (χ2n) is 2.90. The summed E-state index contributed by atoms with van der Waals surface area (Å²) in [5.74, 6) is 0.794. The standard InChI is InChI=1S/C9H10FNS.ClH/c10-7-3-1-2-6-8(11)4-5-12-9(6)7;/h1-3,8H,4-5,11H2;1H. The van der Waals surface area contributed by atoms with Gasteiger partial charge in [-0.15, -0.1) is 24.2 Å². The van der Waals surface area contributed by atoms with Crippen molar-refractivity contribution in [2.75, 3.05) is 5.75 Å². The van der Waals surface area contributed by atoms with Crippen LogP contribution in [0, 0.1) is 5.82 Å². The van der Waals surface area contributed by atoms with E-state index in [4.69, 9.17) is 5.73 Å². The smallest absolute Gasteiger partial charge is 0.137 e. The van der Waals surface area contributed by atoms with Crippen LogP contribution >= 0.6 is 24.2 Å². The van der Waals surface area contributed by atoms with Crippen molar-refractivity contribution in [1.29, 1.82) is 0 Å². The molecule has 0 spiro atoms. The van der Waals surface area contributed by atoms with Crippen molar-refractivity contribution in [2.24, 2.45) is 5.73 Å². The largest absolute Gasteiger partial charge is 0.324 e. The van der Waals surface area contributed by atoms with E-state index >= 15 is 0 Å². The molecule has 2 N–H and O–H groups in total. The van der Waals surface area contributed by atoms with Crippen molar-refractivity contribution in [3.8, 4) is 0 Å². The Hall–Kier alpha value is -0.250. The SMILES string of the molecule is Cl.NC1CCSc2c(F)cccc21. The third-order valence-corrected chi connectivity index (χ3v) is 3.23. The quantitative estimate of drug-likeness (QED) is 0.726. The van der Waals surface area contributed by atoms with Crippen LogP contribution in [0.5, 0.6) is 0 Å². The Bertz CT molecular complexity index is 306. The van der Waals surface area contributed by atoms with E-state index in [1.807, 2.05) is 6.07 Å². The summed E-state index contributed by atoms with van der Waals surface area (Å²) < 4.78 is 13.2. The van der Waals surface area contributed by atoms with Gasteiger partial charge in [0, 0.05) is 10.9 Å². The molecular formula is C9H11ClFNS. The van der Waals surface area contributed by atoms with Crippen molar-refractivity contribution in [3.63, 3.8) is 0 Å². The van der Waals surface area contributed by atoms with Crippen molar-refractivity contribution in [2.45, 2.75) is 17.4 Å². The summed E-state index contributed by atoms with van der Waals surface area (Å²) in [6, 6.07) is 5.15. The van der Waals surface area contributed by atoms with Gasteiger partial charge in [0.05, 0.1) is 0 Å². The molecule has 1 atom stereocenters. The molecular weight excluding hydrogens is 209 g/mol. The molecule has 72 valence electrons. The fraction of sp³-hybridized carbons (Fsp3) is 0.333.